The summed E-state index contributed by atoms with van der Waals surface area (Å²) in [7, 11) is -2.02. The molecule has 0 atom stereocenters. The lowest BCUT2D eigenvalue weighted by Crippen LogP contribution is -2.14. The Balaban J connectivity index is 2.35. The Morgan fingerprint density at radius 1 is 1.40 bits per heavy atom. The lowest BCUT2D eigenvalue weighted by atomic mass is 10.2. The smallest absolute Gasteiger partial charge is 0.280 e. The largest absolute Gasteiger partial charge is 0.339 e. The molecule has 0 unspecified atom stereocenters. The summed E-state index contributed by atoms with van der Waals surface area (Å²) in [6.45, 7) is 0.210. The van der Waals surface area contributed by atoms with E-state index in [1.54, 1.807) is 35.9 Å². The van der Waals surface area contributed by atoms with E-state index in [-0.39, 0.29) is 11.6 Å². The van der Waals surface area contributed by atoms with Crippen LogP contribution in [-0.2, 0) is 17.1 Å². The molecule has 0 saturated carbocycles. The van der Waals surface area contributed by atoms with E-state index in [2.05, 4.69) is 21.5 Å². The minimum atomic E-state index is -3.72. The zero-order valence-electron chi connectivity index (χ0n) is 10.9. The van der Waals surface area contributed by atoms with Crippen LogP contribution in [0.15, 0.2) is 41.8 Å². The number of aryl methyl sites for hydroxylation is 1. The third-order valence-electron chi connectivity index (χ3n) is 2.45. The lowest BCUT2D eigenvalue weighted by Gasteiger charge is -2.07. The summed E-state index contributed by atoms with van der Waals surface area (Å²) in [6, 6.07) is 6.86. The van der Waals surface area contributed by atoms with Gasteiger partial charge in [0.25, 0.3) is 10.0 Å². The molecule has 104 valence electrons. The van der Waals surface area contributed by atoms with Crippen molar-refractivity contribution in [3.8, 4) is 11.8 Å². The fourth-order valence-corrected chi connectivity index (χ4v) is 2.62. The van der Waals surface area contributed by atoms with Crippen LogP contribution in [0, 0.1) is 11.8 Å². The molecular weight excluding hydrogens is 276 g/mol. The molecule has 0 fully saturated rings. The highest BCUT2D eigenvalue weighted by atomic mass is 32.2. The van der Waals surface area contributed by atoms with Gasteiger partial charge in [-0.1, -0.05) is 24.0 Å². The quantitative estimate of drug-likeness (QED) is 0.807. The first-order valence-corrected chi connectivity index (χ1v) is 7.30. The Labute approximate surface area is 117 Å². The van der Waals surface area contributed by atoms with Gasteiger partial charge in [0.2, 0.25) is 0 Å². The van der Waals surface area contributed by atoms with Gasteiger partial charge in [0.15, 0.2) is 5.03 Å². The number of hydrogen-bond donors (Lipinski definition) is 2. The molecule has 0 aliphatic rings. The average molecular weight is 290 g/mol. The van der Waals surface area contributed by atoms with Gasteiger partial charge in [-0.3, -0.25) is 4.72 Å². The van der Waals surface area contributed by atoms with Gasteiger partial charge in [-0.15, -0.1) is 0 Å². The van der Waals surface area contributed by atoms with Crippen LogP contribution >= 0.6 is 0 Å². The van der Waals surface area contributed by atoms with Gasteiger partial charge in [-0.25, -0.2) is 4.98 Å². The summed E-state index contributed by atoms with van der Waals surface area (Å²) < 4.78 is 28.4. The molecule has 0 aliphatic carbocycles. The second-order valence-electron chi connectivity index (χ2n) is 4.03. The van der Waals surface area contributed by atoms with Gasteiger partial charge >= 0.3 is 0 Å². The van der Waals surface area contributed by atoms with Crippen molar-refractivity contribution in [1.29, 1.82) is 0 Å². The third kappa shape index (κ3) is 3.17. The topological polar surface area (TPSA) is 90.0 Å². The molecule has 0 radical (unpaired) electrons. The molecular formula is C13H14N4O2S. The van der Waals surface area contributed by atoms with Crippen LogP contribution in [0.1, 0.15) is 5.56 Å². The first-order valence-electron chi connectivity index (χ1n) is 5.81. The summed E-state index contributed by atoms with van der Waals surface area (Å²) in [6.07, 6.45) is 2.85. The Kier molecular flexibility index (Phi) is 4.08. The summed E-state index contributed by atoms with van der Waals surface area (Å²) in [5.74, 6) is 5.52. The van der Waals surface area contributed by atoms with Crippen molar-refractivity contribution in [3.05, 3.63) is 42.4 Å². The van der Waals surface area contributed by atoms with Crippen LogP contribution in [0.25, 0.3) is 0 Å². The maximum Gasteiger partial charge on any atom is 0.280 e. The summed E-state index contributed by atoms with van der Waals surface area (Å²) in [5.41, 5.74) is 6.29. The van der Waals surface area contributed by atoms with E-state index in [0.717, 1.165) is 0 Å². The minimum absolute atomic E-state index is 0.0402. The van der Waals surface area contributed by atoms with E-state index in [1.807, 2.05) is 0 Å². The minimum Gasteiger partial charge on any atom is -0.339 e. The van der Waals surface area contributed by atoms with Gasteiger partial charge < -0.3 is 10.3 Å². The van der Waals surface area contributed by atoms with Crippen molar-refractivity contribution in [1.82, 2.24) is 9.55 Å². The predicted octanol–water partition coefficient (Wildman–Crippen LogP) is 0.531. The van der Waals surface area contributed by atoms with Crippen molar-refractivity contribution in [2.75, 3.05) is 11.3 Å². The Hall–Kier alpha value is -2.30. The number of nitrogens with zero attached hydrogens (tertiary/aromatic N) is 2. The molecule has 1 aromatic heterocycles. The van der Waals surface area contributed by atoms with Gasteiger partial charge in [0, 0.05) is 18.8 Å². The molecule has 0 saturated heterocycles. The molecule has 2 rings (SSSR count). The fourth-order valence-electron chi connectivity index (χ4n) is 1.55. The van der Waals surface area contributed by atoms with Crippen LogP contribution in [0.2, 0.25) is 0 Å². The van der Waals surface area contributed by atoms with E-state index in [0.29, 0.717) is 11.3 Å². The van der Waals surface area contributed by atoms with Crippen LogP contribution in [-0.4, -0.2) is 24.5 Å². The number of anilines is 1. The highest BCUT2D eigenvalue weighted by Crippen LogP contribution is 2.18. The van der Waals surface area contributed by atoms with Crippen LogP contribution < -0.4 is 10.5 Å². The zero-order chi connectivity index (χ0) is 14.6. The van der Waals surface area contributed by atoms with Crippen LogP contribution in [0.4, 0.5) is 5.69 Å². The molecule has 0 amide bonds. The SMILES string of the molecule is Cn1cnc(S(=O)(=O)Nc2ccccc2C#CCN)c1. The highest BCUT2D eigenvalue weighted by Gasteiger charge is 2.18. The van der Waals surface area contributed by atoms with Crippen molar-refractivity contribution >= 4 is 15.7 Å². The monoisotopic (exact) mass is 290 g/mol. The van der Waals surface area contributed by atoms with E-state index >= 15 is 0 Å². The zero-order valence-corrected chi connectivity index (χ0v) is 11.7. The van der Waals surface area contributed by atoms with E-state index in [4.69, 9.17) is 5.73 Å². The van der Waals surface area contributed by atoms with Crippen molar-refractivity contribution in [3.63, 3.8) is 0 Å². The lowest BCUT2D eigenvalue weighted by molar-refractivity contribution is 0.598. The third-order valence-corrected chi connectivity index (χ3v) is 3.70. The first kappa shape index (κ1) is 14.1. The fraction of sp³-hybridized carbons (Fsp3) is 0.154. The Bertz CT molecular complexity index is 769. The first-order chi connectivity index (χ1) is 9.53. The number of imidazole rings is 1. The number of aromatic nitrogens is 2. The predicted molar refractivity (Wildman–Crippen MR) is 76.4 cm³/mol. The van der Waals surface area contributed by atoms with Crippen molar-refractivity contribution < 1.29 is 8.42 Å². The second kappa shape index (κ2) is 5.77. The number of sulfonamides is 1. The molecule has 20 heavy (non-hydrogen) atoms. The van der Waals surface area contributed by atoms with E-state index in [9.17, 15) is 8.42 Å². The van der Waals surface area contributed by atoms with Gasteiger partial charge in [0.1, 0.15) is 0 Å². The molecule has 2 aromatic rings. The Morgan fingerprint density at radius 3 is 2.80 bits per heavy atom. The summed E-state index contributed by atoms with van der Waals surface area (Å²) in [4.78, 5) is 3.83. The number of hydrogen-bond acceptors (Lipinski definition) is 4. The van der Waals surface area contributed by atoms with Gasteiger partial charge in [-0.2, -0.15) is 8.42 Å². The molecule has 0 bridgehead atoms. The summed E-state index contributed by atoms with van der Waals surface area (Å²) >= 11 is 0. The van der Waals surface area contributed by atoms with Gasteiger partial charge in [0.05, 0.1) is 18.6 Å². The van der Waals surface area contributed by atoms with Crippen molar-refractivity contribution in [2.45, 2.75) is 5.03 Å². The maximum absolute atomic E-state index is 12.2. The second-order valence-corrected chi connectivity index (χ2v) is 5.66. The van der Waals surface area contributed by atoms with Gasteiger partial charge in [-0.05, 0) is 12.1 Å². The maximum atomic E-state index is 12.2. The average Bonchev–Trinajstić information content (AvgIpc) is 2.85. The molecule has 1 heterocycles. The van der Waals surface area contributed by atoms with E-state index in [1.165, 1.54) is 12.5 Å². The van der Waals surface area contributed by atoms with Crippen LogP contribution in [0.5, 0.6) is 0 Å². The molecule has 1 aromatic carbocycles. The molecule has 0 aliphatic heterocycles. The standard InChI is InChI=1S/C13H14N4O2S/c1-17-9-13(15-10-17)20(18,19)16-12-7-3-2-5-11(12)6-4-8-14/h2-3,5,7,9-10,16H,8,14H2,1H3. The number of para-hydroxylation sites is 1. The number of benzene rings is 1. The number of nitrogens with one attached hydrogen (secondary N) is 1. The highest BCUT2D eigenvalue weighted by molar-refractivity contribution is 7.92. The van der Waals surface area contributed by atoms with Crippen LogP contribution in [0.3, 0.4) is 0 Å². The molecule has 6 nitrogen and oxygen atoms in total. The van der Waals surface area contributed by atoms with Crippen molar-refractivity contribution in [2.24, 2.45) is 12.8 Å². The molecule has 0 spiro atoms. The Morgan fingerprint density at radius 2 is 2.15 bits per heavy atom. The summed E-state index contributed by atoms with van der Waals surface area (Å²) in [5, 5.41) is -0.0402. The number of nitrogens with two attached hydrogens (primary N) is 1. The molecule has 7 heteroatoms. The van der Waals surface area contributed by atoms with E-state index < -0.39 is 10.0 Å². The normalized spacial score (nSPS) is 10.7. The number of rotatable bonds is 3. The molecule has 3 N–H and O–H groups in total.